The maximum Gasteiger partial charge on any atom is 0.300 e. The second-order valence-corrected chi connectivity index (χ2v) is 3.73. The minimum Gasteiger partial charge on any atom is -0.454 e. The highest BCUT2D eigenvalue weighted by Crippen LogP contribution is 2.23. The van der Waals surface area contributed by atoms with Gasteiger partial charge in [-0.2, -0.15) is 10.1 Å². The van der Waals surface area contributed by atoms with Crippen molar-refractivity contribution in [3.63, 3.8) is 0 Å². The van der Waals surface area contributed by atoms with E-state index in [1.54, 1.807) is 35.3 Å². The van der Waals surface area contributed by atoms with Gasteiger partial charge in [0.1, 0.15) is 5.76 Å². The maximum absolute atomic E-state index is 12.3. The molecular formula is C11H8F2N4O2. The van der Waals surface area contributed by atoms with Crippen LogP contribution in [-0.2, 0) is 6.54 Å². The van der Waals surface area contributed by atoms with E-state index < -0.39 is 12.2 Å². The summed E-state index contributed by atoms with van der Waals surface area (Å²) in [5, 5.41) is 7.19. The summed E-state index contributed by atoms with van der Waals surface area (Å²) in [7, 11) is 0. The highest BCUT2D eigenvalue weighted by atomic mass is 19.3. The van der Waals surface area contributed by atoms with E-state index in [0.29, 0.717) is 12.3 Å². The molecule has 3 heterocycles. The fraction of sp³-hybridized carbons (Fsp3) is 0.182. The maximum atomic E-state index is 12.3. The zero-order chi connectivity index (χ0) is 13.2. The minimum absolute atomic E-state index is 0.0676. The fourth-order valence-corrected chi connectivity index (χ4v) is 1.56. The molecule has 0 aliphatic heterocycles. The van der Waals surface area contributed by atoms with Crippen LogP contribution in [0.4, 0.5) is 8.78 Å². The molecule has 0 amide bonds. The summed E-state index contributed by atoms with van der Waals surface area (Å²) in [5.41, 5.74) is 0. The molecule has 6 nitrogen and oxygen atoms in total. The first-order valence-electron chi connectivity index (χ1n) is 5.40. The Morgan fingerprint density at radius 1 is 1.32 bits per heavy atom. The third kappa shape index (κ3) is 2.37. The van der Waals surface area contributed by atoms with E-state index >= 15 is 0 Å². The van der Waals surface area contributed by atoms with Crippen LogP contribution in [0.1, 0.15) is 18.0 Å². The molecule has 0 saturated carbocycles. The highest BCUT2D eigenvalue weighted by Gasteiger charge is 2.18. The molecule has 0 radical (unpaired) electrons. The average molecular weight is 266 g/mol. The van der Waals surface area contributed by atoms with Crippen molar-refractivity contribution in [2.75, 3.05) is 0 Å². The van der Waals surface area contributed by atoms with Crippen molar-refractivity contribution in [1.82, 2.24) is 19.9 Å². The Labute approximate surface area is 105 Å². The lowest BCUT2D eigenvalue weighted by Gasteiger charge is -1.96. The number of aromatic nitrogens is 4. The van der Waals surface area contributed by atoms with E-state index in [9.17, 15) is 8.78 Å². The van der Waals surface area contributed by atoms with Gasteiger partial charge in [-0.05, 0) is 18.2 Å². The van der Waals surface area contributed by atoms with Crippen LogP contribution >= 0.6 is 0 Å². The summed E-state index contributed by atoms with van der Waals surface area (Å²) in [6.45, 7) is 0.433. The lowest BCUT2D eigenvalue weighted by molar-refractivity contribution is 0.136. The second-order valence-electron chi connectivity index (χ2n) is 3.73. The Hall–Kier alpha value is -2.51. The number of alkyl halides is 2. The largest absolute Gasteiger partial charge is 0.454 e. The van der Waals surface area contributed by atoms with Crippen LogP contribution in [0.5, 0.6) is 0 Å². The summed E-state index contributed by atoms with van der Waals surface area (Å²) < 4.78 is 36.5. The first-order chi connectivity index (χ1) is 9.22. The molecule has 3 rings (SSSR count). The Kier molecular flexibility index (Phi) is 2.82. The summed E-state index contributed by atoms with van der Waals surface area (Å²) in [4.78, 5) is 3.55. The van der Waals surface area contributed by atoms with Crippen molar-refractivity contribution in [3.8, 4) is 11.7 Å². The molecule has 8 heteroatoms. The van der Waals surface area contributed by atoms with Gasteiger partial charge in [-0.1, -0.05) is 5.16 Å². The molecule has 0 N–H and O–H groups in total. The van der Waals surface area contributed by atoms with Gasteiger partial charge in [-0.25, -0.2) is 8.78 Å². The lowest BCUT2D eigenvalue weighted by atomic mass is 10.4. The molecule has 0 unspecified atom stereocenters. The Morgan fingerprint density at radius 3 is 2.89 bits per heavy atom. The molecular weight excluding hydrogens is 258 g/mol. The van der Waals surface area contributed by atoms with Crippen molar-refractivity contribution in [3.05, 3.63) is 42.2 Å². The van der Waals surface area contributed by atoms with Crippen LogP contribution in [0.25, 0.3) is 11.7 Å². The molecule has 0 aromatic carbocycles. The number of nitrogens with zero attached hydrogens (tertiary/aromatic N) is 4. The van der Waals surface area contributed by atoms with Crippen LogP contribution in [0.15, 0.2) is 39.5 Å². The van der Waals surface area contributed by atoms with E-state index in [-0.39, 0.29) is 11.7 Å². The van der Waals surface area contributed by atoms with E-state index in [0.717, 1.165) is 0 Å². The number of rotatable bonds is 4. The van der Waals surface area contributed by atoms with Crippen molar-refractivity contribution in [2.24, 2.45) is 0 Å². The lowest BCUT2D eigenvalue weighted by Crippen LogP contribution is -1.97. The van der Waals surface area contributed by atoms with Gasteiger partial charge in [0.15, 0.2) is 5.76 Å². The molecule has 0 bridgehead atoms. The third-order valence-corrected chi connectivity index (χ3v) is 2.39. The molecule has 0 spiro atoms. The SMILES string of the molecule is FC(F)c1noc(-c2ccc(Cn3cccn3)o2)n1. The number of hydrogen-bond donors (Lipinski definition) is 0. The van der Waals surface area contributed by atoms with E-state index in [1.807, 2.05) is 0 Å². The van der Waals surface area contributed by atoms with Gasteiger partial charge in [-0.15, -0.1) is 0 Å². The predicted molar refractivity (Wildman–Crippen MR) is 58.3 cm³/mol. The fourth-order valence-electron chi connectivity index (χ4n) is 1.56. The average Bonchev–Trinajstić information content (AvgIpc) is 3.09. The summed E-state index contributed by atoms with van der Waals surface area (Å²) >= 11 is 0. The van der Waals surface area contributed by atoms with Crippen LogP contribution < -0.4 is 0 Å². The van der Waals surface area contributed by atoms with E-state index in [1.165, 1.54) is 0 Å². The zero-order valence-electron chi connectivity index (χ0n) is 9.53. The van der Waals surface area contributed by atoms with Crippen LogP contribution in [0.2, 0.25) is 0 Å². The van der Waals surface area contributed by atoms with E-state index in [4.69, 9.17) is 8.94 Å². The minimum atomic E-state index is -2.77. The molecule has 0 saturated heterocycles. The topological polar surface area (TPSA) is 69.9 Å². The summed E-state index contributed by atoms with van der Waals surface area (Å²) in [6, 6.07) is 5.07. The van der Waals surface area contributed by atoms with Crippen LogP contribution in [0.3, 0.4) is 0 Å². The van der Waals surface area contributed by atoms with Gasteiger partial charge in [0.05, 0.1) is 6.54 Å². The van der Waals surface area contributed by atoms with Crippen molar-refractivity contribution >= 4 is 0 Å². The Balaban J connectivity index is 1.80. The smallest absolute Gasteiger partial charge is 0.300 e. The molecule has 3 aromatic rings. The number of furan rings is 1. The van der Waals surface area contributed by atoms with Gasteiger partial charge < -0.3 is 8.94 Å². The van der Waals surface area contributed by atoms with Crippen molar-refractivity contribution in [1.29, 1.82) is 0 Å². The molecule has 3 aromatic heterocycles. The number of halogens is 2. The zero-order valence-corrected chi connectivity index (χ0v) is 9.53. The summed E-state index contributed by atoms with van der Waals surface area (Å²) in [5.74, 6) is 0.138. The van der Waals surface area contributed by atoms with Gasteiger partial charge in [0, 0.05) is 12.4 Å². The normalized spacial score (nSPS) is 11.3. The molecule has 0 fully saturated rings. The first-order valence-corrected chi connectivity index (χ1v) is 5.40. The quantitative estimate of drug-likeness (QED) is 0.725. The molecule has 98 valence electrons. The van der Waals surface area contributed by atoms with Gasteiger partial charge in [0.25, 0.3) is 5.89 Å². The van der Waals surface area contributed by atoms with Crippen LogP contribution in [0, 0.1) is 0 Å². The molecule has 0 aliphatic carbocycles. The van der Waals surface area contributed by atoms with Crippen molar-refractivity contribution < 1.29 is 17.7 Å². The molecule has 19 heavy (non-hydrogen) atoms. The second kappa shape index (κ2) is 4.63. The summed E-state index contributed by atoms with van der Waals surface area (Å²) in [6.07, 6.45) is 0.664. The standard InChI is InChI=1S/C11H8F2N4O2/c12-9(13)10-15-11(19-16-10)8-3-2-7(18-8)6-17-5-1-4-14-17/h1-5,9H,6H2. The van der Waals surface area contributed by atoms with Gasteiger partial charge >= 0.3 is 6.43 Å². The Morgan fingerprint density at radius 2 is 2.21 bits per heavy atom. The van der Waals surface area contributed by atoms with Gasteiger partial charge in [-0.3, -0.25) is 4.68 Å². The highest BCUT2D eigenvalue weighted by molar-refractivity contribution is 5.44. The monoisotopic (exact) mass is 266 g/mol. The van der Waals surface area contributed by atoms with Crippen LogP contribution in [-0.4, -0.2) is 19.9 Å². The predicted octanol–water partition coefficient (Wildman–Crippen LogP) is 2.51. The van der Waals surface area contributed by atoms with E-state index in [2.05, 4.69) is 15.2 Å². The van der Waals surface area contributed by atoms with Gasteiger partial charge in [0.2, 0.25) is 5.82 Å². The first kappa shape index (κ1) is 11.6. The molecule has 0 aliphatic rings. The Bertz CT molecular complexity index is 660. The third-order valence-electron chi connectivity index (χ3n) is 2.39. The molecule has 0 atom stereocenters. The number of hydrogen-bond acceptors (Lipinski definition) is 5. The van der Waals surface area contributed by atoms with Crippen molar-refractivity contribution in [2.45, 2.75) is 13.0 Å².